The first-order valence-corrected chi connectivity index (χ1v) is 10.4. The molecule has 2 atom stereocenters. The van der Waals surface area contributed by atoms with Gasteiger partial charge in [-0.05, 0) is 30.2 Å². The highest BCUT2D eigenvalue weighted by atomic mass is 35.5. The van der Waals surface area contributed by atoms with Crippen LogP contribution in [0, 0.1) is 6.92 Å². The summed E-state index contributed by atoms with van der Waals surface area (Å²) in [5.74, 6) is 0. The van der Waals surface area contributed by atoms with E-state index in [1.165, 1.54) is 5.06 Å². The first-order chi connectivity index (χ1) is 12.3. The largest absolute Gasteiger partial charge is 0.297 e. The van der Waals surface area contributed by atoms with Crippen LogP contribution in [0.4, 0.5) is 0 Å². The second-order valence-electron chi connectivity index (χ2n) is 6.35. The van der Waals surface area contributed by atoms with Crippen molar-refractivity contribution in [2.24, 2.45) is 0 Å². The first kappa shape index (κ1) is 19.6. The van der Waals surface area contributed by atoms with E-state index in [1.807, 2.05) is 31.2 Å². The molecule has 0 saturated carbocycles. The molecule has 5 nitrogen and oxygen atoms in total. The topological polar surface area (TPSA) is 58.6 Å². The van der Waals surface area contributed by atoms with E-state index in [0.29, 0.717) is 15.6 Å². The Morgan fingerprint density at radius 2 is 2.00 bits per heavy atom. The van der Waals surface area contributed by atoms with Crippen LogP contribution in [0.25, 0.3) is 0 Å². The monoisotopic (exact) mass is 414 g/mol. The van der Waals surface area contributed by atoms with Crippen LogP contribution < -0.4 is 4.72 Å². The Morgan fingerprint density at radius 3 is 2.69 bits per heavy atom. The number of hydrogen-bond acceptors (Lipinski definition) is 4. The third kappa shape index (κ3) is 4.22. The summed E-state index contributed by atoms with van der Waals surface area (Å²) in [6.45, 7) is 2.25. The molecular weight excluding hydrogens is 395 g/mol. The number of benzene rings is 2. The molecule has 0 spiro atoms. The van der Waals surface area contributed by atoms with Gasteiger partial charge >= 0.3 is 0 Å². The summed E-state index contributed by atoms with van der Waals surface area (Å²) in [6.07, 6.45) is 0. The highest BCUT2D eigenvalue weighted by Gasteiger charge is 2.43. The molecule has 0 aromatic heterocycles. The van der Waals surface area contributed by atoms with Crippen molar-refractivity contribution < 1.29 is 13.3 Å². The van der Waals surface area contributed by atoms with Gasteiger partial charge in [-0.3, -0.25) is 4.84 Å². The molecule has 0 amide bonds. The molecule has 1 aliphatic rings. The van der Waals surface area contributed by atoms with Gasteiger partial charge in [0.1, 0.15) is 5.25 Å². The zero-order valence-electron chi connectivity index (χ0n) is 14.4. The number of hydrogen-bond donors (Lipinski definition) is 1. The number of nitrogens with one attached hydrogen (secondary N) is 1. The summed E-state index contributed by atoms with van der Waals surface area (Å²) in [7, 11) is -1.94. The number of hydroxylamine groups is 2. The van der Waals surface area contributed by atoms with Crippen molar-refractivity contribution in [2.45, 2.75) is 24.8 Å². The summed E-state index contributed by atoms with van der Waals surface area (Å²) in [5.41, 5.74) is 2.65. The predicted molar refractivity (Wildman–Crippen MR) is 104 cm³/mol. The minimum absolute atomic E-state index is 0.0588. The molecule has 2 unspecified atom stereocenters. The lowest BCUT2D eigenvalue weighted by Crippen LogP contribution is -2.39. The highest BCUT2D eigenvalue weighted by Crippen LogP contribution is 2.37. The third-order valence-corrected chi connectivity index (χ3v) is 6.73. The molecule has 1 heterocycles. The standard InChI is InChI=1S/C18H20Cl2N2O3S/c1-12-4-3-5-13(8-12)10-21-26(23,24)17-11-25-22(2)18(17)15-7-6-14(19)9-16(15)20/h3-9,17-18,21H,10-11H2,1-2H3. The van der Waals surface area contributed by atoms with Gasteiger partial charge in [0.15, 0.2) is 0 Å². The zero-order valence-corrected chi connectivity index (χ0v) is 16.8. The van der Waals surface area contributed by atoms with Crippen molar-refractivity contribution in [3.05, 3.63) is 69.2 Å². The normalized spacial score (nSPS) is 21.2. The van der Waals surface area contributed by atoms with Gasteiger partial charge in [-0.1, -0.05) is 59.1 Å². The van der Waals surface area contributed by atoms with Gasteiger partial charge < -0.3 is 0 Å². The van der Waals surface area contributed by atoms with Crippen molar-refractivity contribution >= 4 is 33.2 Å². The van der Waals surface area contributed by atoms with E-state index in [0.717, 1.165) is 11.1 Å². The van der Waals surface area contributed by atoms with Crippen LogP contribution in [0.1, 0.15) is 22.7 Å². The average molecular weight is 415 g/mol. The molecule has 140 valence electrons. The number of sulfonamides is 1. The van der Waals surface area contributed by atoms with Crippen LogP contribution in [0.3, 0.4) is 0 Å². The Labute approximate surface area is 163 Å². The molecule has 0 bridgehead atoms. The predicted octanol–water partition coefficient (Wildman–Crippen LogP) is 3.71. The van der Waals surface area contributed by atoms with Gasteiger partial charge in [0.25, 0.3) is 0 Å². The Hall–Kier alpha value is -1.15. The molecule has 0 radical (unpaired) electrons. The molecule has 0 aliphatic carbocycles. The van der Waals surface area contributed by atoms with Crippen LogP contribution in [0.5, 0.6) is 0 Å². The molecule has 2 aromatic carbocycles. The van der Waals surface area contributed by atoms with E-state index in [2.05, 4.69) is 4.72 Å². The maximum absolute atomic E-state index is 12.9. The lowest BCUT2D eigenvalue weighted by atomic mass is 10.0. The van der Waals surface area contributed by atoms with Crippen molar-refractivity contribution in [3.8, 4) is 0 Å². The lowest BCUT2D eigenvalue weighted by Gasteiger charge is -2.24. The molecule has 26 heavy (non-hydrogen) atoms. The second-order valence-corrected chi connectivity index (χ2v) is 9.17. The van der Waals surface area contributed by atoms with E-state index in [1.54, 1.807) is 25.2 Å². The second kappa shape index (κ2) is 7.84. The summed E-state index contributed by atoms with van der Waals surface area (Å²) in [5, 5.41) is 1.66. The summed E-state index contributed by atoms with van der Waals surface area (Å²) < 4.78 is 28.5. The van der Waals surface area contributed by atoms with Crippen LogP contribution in [-0.4, -0.2) is 32.4 Å². The highest BCUT2D eigenvalue weighted by molar-refractivity contribution is 7.90. The van der Waals surface area contributed by atoms with E-state index in [4.69, 9.17) is 28.0 Å². The smallest absolute Gasteiger partial charge is 0.219 e. The van der Waals surface area contributed by atoms with Crippen molar-refractivity contribution in [1.82, 2.24) is 9.79 Å². The number of halogens is 2. The number of rotatable bonds is 5. The minimum atomic E-state index is -3.64. The van der Waals surface area contributed by atoms with Crippen LogP contribution >= 0.6 is 23.2 Å². The van der Waals surface area contributed by atoms with Crippen molar-refractivity contribution in [3.63, 3.8) is 0 Å². The van der Waals surface area contributed by atoms with Gasteiger partial charge in [0.05, 0.1) is 12.6 Å². The SMILES string of the molecule is Cc1cccc(CNS(=O)(=O)C2CON(C)C2c2ccc(Cl)cc2Cl)c1. The lowest BCUT2D eigenvalue weighted by molar-refractivity contribution is -0.110. The fourth-order valence-corrected chi connectivity index (χ4v) is 5.11. The Balaban J connectivity index is 1.83. The van der Waals surface area contributed by atoms with Crippen LogP contribution in [0.2, 0.25) is 10.0 Å². The van der Waals surface area contributed by atoms with Gasteiger partial charge in [-0.15, -0.1) is 0 Å². The minimum Gasteiger partial charge on any atom is -0.297 e. The summed E-state index contributed by atoms with van der Waals surface area (Å²) >= 11 is 12.3. The number of nitrogens with zero attached hydrogens (tertiary/aromatic N) is 1. The Morgan fingerprint density at radius 1 is 1.23 bits per heavy atom. The van der Waals surface area contributed by atoms with E-state index < -0.39 is 21.3 Å². The molecule has 2 aromatic rings. The van der Waals surface area contributed by atoms with E-state index in [9.17, 15) is 8.42 Å². The maximum atomic E-state index is 12.9. The average Bonchev–Trinajstić information content (AvgIpc) is 2.96. The molecular formula is C18H20Cl2N2O3S. The first-order valence-electron chi connectivity index (χ1n) is 8.12. The van der Waals surface area contributed by atoms with E-state index in [-0.39, 0.29) is 13.2 Å². The van der Waals surface area contributed by atoms with Crippen LogP contribution in [0.15, 0.2) is 42.5 Å². The van der Waals surface area contributed by atoms with Gasteiger partial charge in [0.2, 0.25) is 10.0 Å². The fourth-order valence-electron chi connectivity index (χ4n) is 3.11. The molecule has 1 N–H and O–H groups in total. The third-order valence-electron chi connectivity index (χ3n) is 4.43. The number of aryl methyl sites for hydroxylation is 1. The zero-order chi connectivity index (χ0) is 18.9. The molecule has 1 aliphatic heterocycles. The Bertz CT molecular complexity index is 905. The van der Waals surface area contributed by atoms with Gasteiger partial charge in [0, 0.05) is 23.6 Å². The van der Waals surface area contributed by atoms with Crippen LogP contribution in [-0.2, 0) is 21.4 Å². The fraction of sp³-hybridized carbons (Fsp3) is 0.333. The molecule has 1 fully saturated rings. The van der Waals surface area contributed by atoms with Gasteiger partial charge in [-0.2, -0.15) is 5.06 Å². The van der Waals surface area contributed by atoms with E-state index >= 15 is 0 Å². The summed E-state index contributed by atoms with van der Waals surface area (Å²) in [4.78, 5) is 5.50. The Kier molecular flexibility index (Phi) is 5.91. The van der Waals surface area contributed by atoms with Crippen molar-refractivity contribution in [1.29, 1.82) is 0 Å². The quantitative estimate of drug-likeness (QED) is 0.809. The van der Waals surface area contributed by atoms with Crippen molar-refractivity contribution in [2.75, 3.05) is 13.7 Å². The maximum Gasteiger partial charge on any atom is 0.219 e. The molecule has 8 heteroatoms. The molecule has 1 saturated heterocycles. The summed E-state index contributed by atoms with van der Waals surface area (Å²) in [6, 6.07) is 12.2. The van der Waals surface area contributed by atoms with Gasteiger partial charge in [-0.25, -0.2) is 13.1 Å². The molecule has 3 rings (SSSR count).